The van der Waals surface area contributed by atoms with Crippen molar-refractivity contribution in [3.63, 3.8) is 0 Å². The molecule has 2 fully saturated rings. The van der Waals surface area contributed by atoms with E-state index in [-0.39, 0.29) is 0 Å². The molecule has 5 heteroatoms. The molecule has 1 aromatic rings. The Morgan fingerprint density at radius 1 is 1.13 bits per heavy atom. The average Bonchev–Trinajstić information content (AvgIpc) is 2.81. The molecule has 1 N–H and O–H groups in total. The van der Waals surface area contributed by atoms with Crippen molar-refractivity contribution < 1.29 is 9.47 Å². The van der Waals surface area contributed by atoms with Gasteiger partial charge in [-0.2, -0.15) is 0 Å². The number of likely N-dealkylation sites (tertiary alicyclic amines) is 1. The Morgan fingerprint density at radius 2 is 2.00 bits per heavy atom. The van der Waals surface area contributed by atoms with E-state index in [1.54, 1.807) is 0 Å². The topological polar surface area (TPSA) is 46.1 Å². The van der Waals surface area contributed by atoms with Gasteiger partial charge in [0.25, 0.3) is 0 Å². The maximum Gasteiger partial charge on any atom is 0.193 e. The maximum atomic E-state index is 6.19. The first-order chi connectivity index (χ1) is 14.8. The summed E-state index contributed by atoms with van der Waals surface area (Å²) in [6.07, 6.45) is 10.2. The monoisotopic (exact) mass is 413 g/mol. The van der Waals surface area contributed by atoms with Gasteiger partial charge in [0.15, 0.2) is 5.96 Å². The van der Waals surface area contributed by atoms with Crippen LogP contribution in [0.4, 0.5) is 0 Å². The number of rotatable bonds is 6. The molecular formula is C25H39N3O2. The highest BCUT2D eigenvalue weighted by molar-refractivity contribution is 5.80. The van der Waals surface area contributed by atoms with Crippen LogP contribution in [-0.2, 0) is 15.9 Å². The van der Waals surface area contributed by atoms with Crippen molar-refractivity contribution in [1.29, 1.82) is 0 Å². The van der Waals surface area contributed by atoms with Crippen LogP contribution in [0.3, 0.4) is 0 Å². The van der Waals surface area contributed by atoms with Crippen molar-refractivity contribution in [1.82, 2.24) is 10.2 Å². The molecule has 2 saturated heterocycles. The van der Waals surface area contributed by atoms with Gasteiger partial charge in [-0.15, -0.1) is 0 Å². The van der Waals surface area contributed by atoms with Crippen LogP contribution in [0, 0.1) is 0 Å². The van der Waals surface area contributed by atoms with Crippen molar-refractivity contribution in [2.45, 2.75) is 76.4 Å². The molecule has 0 radical (unpaired) electrons. The zero-order chi connectivity index (χ0) is 20.6. The van der Waals surface area contributed by atoms with Crippen molar-refractivity contribution in [3.8, 4) is 0 Å². The van der Waals surface area contributed by atoms with Gasteiger partial charge in [-0.3, -0.25) is 4.99 Å². The van der Waals surface area contributed by atoms with Gasteiger partial charge in [0.2, 0.25) is 0 Å². The molecule has 4 rings (SSSR count). The van der Waals surface area contributed by atoms with E-state index in [0.717, 1.165) is 64.6 Å². The molecule has 2 atom stereocenters. The quantitative estimate of drug-likeness (QED) is 0.563. The third-order valence-electron chi connectivity index (χ3n) is 6.82. The molecule has 2 unspecified atom stereocenters. The zero-order valence-electron chi connectivity index (χ0n) is 18.7. The number of piperidine rings is 1. The van der Waals surface area contributed by atoms with Crippen LogP contribution in [0.25, 0.3) is 0 Å². The van der Waals surface area contributed by atoms with Gasteiger partial charge in [-0.25, -0.2) is 0 Å². The van der Waals surface area contributed by atoms with E-state index in [2.05, 4.69) is 41.4 Å². The number of ether oxygens (including phenoxy) is 2. The molecule has 1 aliphatic carbocycles. The first-order valence-corrected chi connectivity index (χ1v) is 12.2. The highest BCUT2D eigenvalue weighted by Gasteiger charge is 2.25. The number of hydrogen-bond donors (Lipinski definition) is 1. The summed E-state index contributed by atoms with van der Waals surface area (Å²) in [6.45, 7) is 7.66. The fourth-order valence-electron chi connectivity index (χ4n) is 5.08. The van der Waals surface area contributed by atoms with Crippen LogP contribution >= 0.6 is 0 Å². The van der Waals surface area contributed by atoms with Crippen LogP contribution in [0.1, 0.15) is 68.9 Å². The van der Waals surface area contributed by atoms with Crippen LogP contribution in [0.5, 0.6) is 0 Å². The van der Waals surface area contributed by atoms with Gasteiger partial charge >= 0.3 is 0 Å². The predicted octanol–water partition coefficient (Wildman–Crippen LogP) is 4.12. The molecule has 0 saturated carbocycles. The highest BCUT2D eigenvalue weighted by Crippen LogP contribution is 2.31. The van der Waals surface area contributed by atoms with Crippen LogP contribution in [0.15, 0.2) is 29.3 Å². The van der Waals surface area contributed by atoms with E-state index < -0.39 is 0 Å². The second kappa shape index (κ2) is 11.1. The second-order valence-corrected chi connectivity index (χ2v) is 8.99. The minimum absolute atomic E-state index is 0.314. The maximum absolute atomic E-state index is 6.19. The smallest absolute Gasteiger partial charge is 0.193 e. The van der Waals surface area contributed by atoms with E-state index in [0.29, 0.717) is 18.1 Å². The molecule has 3 aliphatic rings. The van der Waals surface area contributed by atoms with Crippen LogP contribution in [0.2, 0.25) is 0 Å². The van der Waals surface area contributed by atoms with Crippen molar-refractivity contribution in [2.24, 2.45) is 4.99 Å². The normalized spacial score (nSPS) is 25.8. The highest BCUT2D eigenvalue weighted by atomic mass is 16.5. The summed E-state index contributed by atoms with van der Waals surface area (Å²) in [5.41, 5.74) is 3.04. The molecule has 5 nitrogen and oxygen atoms in total. The van der Waals surface area contributed by atoms with Crippen molar-refractivity contribution >= 4 is 5.96 Å². The van der Waals surface area contributed by atoms with Crippen LogP contribution in [-0.4, -0.2) is 62.5 Å². The largest absolute Gasteiger partial charge is 0.376 e. The Morgan fingerprint density at radius 3 is 2.80 bits per heavy atom. The Kier molecular flexibility index (Phi) is 8.04. The molecule has 30 heavy (non-hydrogen) atoms. The zero-order valence-corrected chi connectivity index (χ0v) is 18.7. The number of nitrogens with zero attached hydrogens (tertiary/aromatic N) is 2. The molecule has 0 bridgehead atoms. The average molecular weight is 414 g/mol. The molecular weight excluding hydrogens is 374 g/mol. The predicted molar refractivity (Wildman–Crippen MR) is 122 cm³/mol. The summed E-state index contributed by atoms with van der Waals surface area (Å²) in [6, 6.07) is 8.94. The molecule has 2 heterocycles. The van der Waals surface area contributed by atoms with Gasteiger partial charge in [0, 0.05) is 38.7 Å². The second-order valence-electron chi connectivity index (χ2n) is 8.99. The van der Waals surface area contributed by atoms with Gasteiger partial charge < -0.3 is 19.7 Å². The lowest BCUT2D eigenvalue weighted by molar-refractivity contribution is -0.0721. The molecule has 166 valence electrons. The number of aliphatic imine (C=N–C) groups is 1. The van der Waals surface area contributed by atoms with E-state index >= 15 is 0 Å². The lowest BCUT2D eigenvalue weighted by Crippen LogP contribution is -2.47. The summed E-state index contributed by atoms with van der Waals surface area (Å²) in [4.78, 5) is 7.50. The van der Waals surface area contributed by atoms with Crippen molar-refractivity contribution in [2.75, 3.05) is 39.4 Å². The molecule has 0 amide bonds. The minimum Gasteiger partial charge on any atom is -0.376 e. The van der Waals surface area contributed by atoms with E-state index in [1.807, 2.05) is 0 Å². The van der Waals surface area contributed by atoms with Gasteiger partial charge in [-0.1, -0.05) is 24.3 Å². The third kappa shape index (κ3) is 5.76. The van der Waals surface area contributed by atoms with E-state index in [1.165, 1.54) is 43.2 Å². The van der Waals surface area contributed by atoms with Gasteiger partial charge in [0.1, 0.15) is 0 Å². The number of hydrogen-bond acceptors (Lipinski definition) is 3. The van der Waals surface area contributed by atoms with E-state index in [4.69, 9.17) is 14.5 Å². The Bertz CT molecular complexity index is 679. The fourth-order valence-corrected chi connectivity index (χ4v) is 5.08. The standard InChI is InChI=1S/C25H39N3O2/c1-2-26-25(27-18-21-10-7-9-20-8-3-4-12-24(20)21)28-15-13-22(14-16-28)30-19-23-11-5-6-17-29-23/h3-4,8,12,21-23H,2,5-7,9-11,13-19H2,1H3,(H,26,27). The first kappa shape index (κ1) is 21.6. The summed E-state index contributed by atoms with van der Waals surface area (Å²) in [5, 5.41) is 3.53. The number of guanidine groups is 1. The third-order valence-corrected chi connectivity index (χ3v) is 6.82. The Hall–Kier alpha value is -1.59. The molecule has 2 aliphatic heterocycles. The van der Waals surface area contributed by atoms with Crippen molar-refractivity contribution in [3.05, 3.63) is 35.4 Å². The van der Waals surface area contributed by atoms with Gasteiger partial charge in [0.05, 0.1) is 18.8 Å². The molecule has 1 aromatic carbocycles. The lowest BCUT2D eigenvalue weighted by atomic mass is 9.83. The minimum atomic E-state index is 0.314. The summed E-state index contributed by atoms with van der Waals surface area (Å²) in [7, 11) is 0. The molecule has 0 spiro atoms. The van der Waals surface area contributed by atoms with Gasteiger partial charge in [-0.05, 0) is 69.4 Å². The van der Waals surface area contributed by atoms with E-state index in [9.17, 15) is 0 Å². The Balaban J connectivity index is 1.28. The first-order valence-electron chi connectivity index (χ1n) is 12.2. The number of nitrogens with one attached hydrogen (secondary N) is 1. The molecule has 0 aromatic heterocycles. The fraction of sp³-hybridized carbons (Fsp3) is 0.720. The number of fused-ring (bicyclic) bond motifs is 1. The summed E-state index contributed by atoms with van der Waals surface area (Å²) in [5.74, 6) is 1.63. The number of aryl methyl sites for hydroxylation is 1. The summed E-state index contributed by atoms with van der Waals surface area (Å²) < 4.78 is 12.0. The van der Waals surface area contributed by atoms with Crippen LogP contribution < -0.4 is 5.32 Å². The Labute approximate surface area is 182 Å². The lowest BCUT2D eigenvalue weighted by Gasteiger charge is -2.35. The summed E-state index contributed by atoms with van der Waals surface area (Å²) >= 11 is 0. The number of benzene rings is 1. The SMILES string of the molecule is CCNC(=NCC1CCCc2ccccc21)N1CCC(OCC2CCCCO2)CC1.